The van der Waals surface area contributed by atoms with Crippen LogP contribution in [0.4, 0.5) is 5.69 Å². The molecule has 0 aliphatic carbocycles. The third-order valence-corrected chi connectivity index (χ3v) is 7.29. The minimum Gasteiger partial charge on any atom is -0.369 e. The van der Waals surface area contributed by atoms with Gasteiger partial charge < -0.3 is 14.8 Å². The number of aryl methyl sites for hydroxylation is 3. The molecule has 1 aromatic heterocycles. The smallest absolute Gasteiger partial charge is 0.283 e. The van der Waals surface area contributed by atoms with Crippen molar-refractivity contribution in [3.63, 3.8) is 0 Å². The molecule has 1 fully saturated rings. The minimum atomic E-state index is -0.170. The van der Waals surface area contributed by atoms with E-state index in [9.17, 15) is 9.59 Å². The maximum atomic E-state index is 12.5. The molecule has 1 aliphatic heterocycles. The summed E-state index contributed by atoms with van der Waals surface area (Å²) in [6.07, 6.45) is 0.913. The third-order valence-electron chi connectivity index (χ3n) is 6.34. The van der Waals surface area contributed by atoms with Crippen molar-refractivity contribution in [3.05, 3.63) is 63.9 Å². The van der Waals surface area contributed by atoms with Gasteiger partial charge in [0.25, 0.3) is 5.56 Å². The van der Waals surface area contributed by atoms with Crippen molar-refractivity contribution < 1.29 is 4.79 Å². The molecule has 34 heavy (non-hydrogen) atoms. The van der Waals surface area contributed by atoms with Crippen LogP contribution in [0.25, 0.3) is 11.0 Å². The SMILES string of the molecule is Cc1ccc(C)c(N2CCN(CCCNC(=O)CSc3nc4ccccc4n(C)c3=O)CC2)c1. The zero-order valence-electron chi connectivity index (χ0n) is 20.2. The summed E-state index contributed by atoms with van der Waals surface area (Å²) in [6.45, 7) is 10.1. The van der Waals surface area contributed by atoms with Crippen molar-refractivity contribution in [2.45, 2.75) is 25.3 Å². The summed E-state index contributed by atoms with van der Waals surface area (Å²) < 4.78 is 1.59. The van der Waals surface area contributed by atoms with E-state index in [0.717, 1.165) is 50.2 Å². The number of para-hydroxylation sites is 2. The molecule has 0 radical (unpaired) electrons. The van der Waals surface area contributed by atoms with Crippen molar-refractivity contribution >= 4 is 34.4 Å². The Balaban J connectivity index is 1.17. The van der Waals surface area contributed by atoms with Crippen LogP contribution in [0.1, 0.15) is 17.5 Å². The van der Waals surface area contributed by atoms with Crippen LogP contribution < -0.4 is 15.8 Å². The first kappa shape index (κ1) is 24.3. The normalized spacial score (nSPS) is 14.5. The molecular weight excluding hydrogens is 446 g/mol. The van der Waals surface area contributed by atoms with Crippen LogP contribution in [0.2, 0.25) is 0 Å². The number of nitrogens with zero attached hydrogens (tertiary/aromatic N) is 4. The van der Waals surface area contributed by atoms with Crippen LogP contribution in [0.3, 0.4) is 0 Å². The number of aromatic nitrogens is 2. The van der Waals surface area contributed by atoms with E-state index in [4.69, 9.17) is 0 Å². The molecule has 0 bridgehead atoms. The van der Waals surface area contributed by atoms with Crippen LogP contribution in [0.5, 0.6) is 0 Å². The Morgan fingerprint density at radius 1 is 1.09 bits per heavy atom. The molecule has 0 unspecified atom stereocenters. The topological polar surface area (TPSA) is 70.5 Å². The monoisotopic (exact) mass is 479 g/mol. The van der Waals surface area contributed by atoms with E-state index in [1.807, 2.05) is 24.3 Å². The molecular formula is C26H33N5O2S. The van der Waals surface area contributed by atoms with E-state index in [2.05, 4.69) is 52.1 Å². The van der Waals surface area contributed by atoms with Gasteiger partial charge in [0.05, 0.1) is 16.8 Å². The summed E-state index contributed by atoms with van der Waals surface area (Å²) in [7, 11) is 1.73. The number of carbonyl (C=O) groups is 1. The van der Waals surface area contributed by atoms with E-state index < -0.39 is 0 Å². The highest BCUT2D eigenvalue weighted by Crippen LogP contribution is 2.23. The molecule has 1 N–H and O–H groups in total. The Kier molecular flexibility index (Phi) is 7.90. The number of piperazine rings is 1. The van der Waals surface area contributed by atoms with Crippen molar-refractivity contribution in [2.24, 2.45) is 7.05 Å². The number of benzene rings is 2. The Morgan fingerprint density at radius 2 is 1.85 bits per heavy atom. The first-order valence-electron chi connectivity index (χ1n) is 11.8. The second-order valence-electron chi connectivity index (χ2n) is 8.88. The number of fused-ring (bicyclic) bond motifs is 1. The lowest BCUT2D eigenvalue weighted by Crippen LogP contribution is -2.47. The molecule has 3 aromatic rings. The lowest BCUT2D eigenvalue weighted by Gasteiger charge is -2.37. The van der Waals surface area contributed by atoms with Crippen molar-refractivity contribution in [1.29, 1.82) is 0 Å². The highest BCUT2D eigenvalue weighted by Gasteiger charge is 2.18. The average molecular weight is 480 g/mol. The van der Waals surface area contributed by atoms with Crippen LogP contribution in [0.15, 0.2) is 52.3 Å². The van der Waals surface area contributed by atoms with Gasteiger partial charge in [-0.2, -0.15) is 0 Å². The Morgan fingerprint density at radius 3 is 2.65 bits per heavy atom. The van der Waals surface area contributed by atoms with Crippen molar-refractivity contribution in [2.75, 3.05) is 49.9 Å². The van der Waals surface area contributed by atoms with Crippen LogP contribution in [-0.2, 0) is 11.8 Å². The summed E-state index contributed by atoms with van der Waals surface area (Å²) in [5.74, 6) is 0.122. The van der Waals surface area contributed by atoms with Gasteiger partial charge >= 0.3 is 0 Å². The number of thioether (sulfide) groups is 1. The summed E-state index contributed by atoms with van der Waals surface area (Å²) in [6, 6.07) is 14.2. The van der Waals surface area contributed by atoms with Gasteiger partial charge in [0.1, 0.15) is 0 Å². The zero-order valence-corrected chi connectivity index (χ0v) is 21.0. The summed E-state index contributed by atoms with van der Waals surface area (Å²) in [5, 5.41) is 3.34. The maximum absolute atomic E-state index is 12.5. The molecule has 1 saturated heterocycles. The molecule has 1 aliphatic rings. The molecule has 2 aromatic carbocycles. The number of hydrogen-bond donors (Lipinski definition) is 1. The highest BCUT2D eigenvalue weighted by atomic mass is 32.2. The molecule has 8 heteroatoms. The molecule has 2 heterocycles. The third kappa shape index (κ3) is 5.80. The summed E-state index contributed by atoms with van der Waals surface area (Å²) >= 11 is 1.20. The van der Waals surface area contributed by atoms with Gasteiger partial charge in [0.2, 0.25) is 5.91 Å². The standard InChI is InChI=1S/C26H33N5O2S/c1-19-9-10-20(2)23(17-19)31-15-13-30(14-16-31)12-6-11-27-24(32)18-34-25-26(33)29(3)22-8-5-4-7-21(22)28-25/h4-5,7-10,17H,6,11-16,18H2,1-3H3,(H,27,32). The van der Waals surface area contributed by atoms with E-state index in [-0.39, 0.29) is 17.2 Å². The summed E-state index contributed by atoms with van der Waals surface area (Å²) in [4.78, 5) is 34.2. The van der Waals surface area contributed by atoms with E-state index >= 15 is 0 Å². The second kappa shape index (κ2) is 11.1. The fourth-order valence-electron chi connectivity index (χ4n) is 4.33. The number of hydrogen-bond acceptors (Lipinski definition) is 6. The molecule has 0 saturated carbocycles. The lowest BCUT2D eigenvalue weighted by molar-refractivity contribution is -0.118. The number of nitrogens with one attached hydrogen (secondary N) is 1. The van der Waals surface area contributed by atoms with E-state index in [1.165, 1.54) is 28.6 Å². The van der Waals surface area contributed by atoms with Gasteiger partial charge in [-0.3, -0.25) is 14.5 Å². The fraction of sp³-hybridized carbons (Fsp3) is 0.423. The van der Waals surface area contributed by atoms with Gasteiger partial charge in [-0.1, -0.05) is 36.0 Å². The van der Waals surface area contributed by atoms with Crippen molar-refractivity contribution in [3.8, 4) is 0 Å². The minimum absolute atomic E-state index is 0.0678. The maximum Gasteiger partial charge on any atom is 0.283 e. The number of amides is 1. The Labute approximate surface area is 205 Å². The first-order chi connectivity index (χ1) is 16.4. The van der Waals surface area contributed by atoms with Gasteiger partial charge in [0, 0.05) is 45.5 Å². The van der Waals surface area contributed by atoms with E-state index in [0.29, 0.717) is 11.6 Å². The van der Waals surface area contributed by atoms with E-state index in [1.54, 1.807) is 11.6 Å². The highest BCUT2D eigenvalue weighted by molar-refractivity contribution is 7.99. The van der Waals surface area contributed by atoms with Gasteiger partial charge in [-0.15, -0.1) is 0 Å². The van der Waals surface area contributed by atoms with Crippen LogP contribution in [-0.4, -0.2) is 65.4 Å². The number of carbonyl (C=O) groups excluding carboxylic acids is 1. The predicted octanol–water partition coefficient (Wildman–Crippen LogP) is 2.97. The number of rotatable bonds is 8. The Bertz CT molecular complexity index is 1220. The van der Waals surface area contributed by atoms with Gasteiger partial charge in [0.15, 0.2) is 5.03 Å². The average Bonchev–Trinajstić information content (AvgIpc) is 2.85. The largest absolute Gasteiger partial charge is 0.369 e. The van der Waals surface area contributed by atoms with Gasteiger partial charge in [-0.25, -0.2) is 4.98 Å². The lowest BCUT2D eigenvalue weighted by atomic mass is 10.1. The summed E-state index contributed by atoms with van der Waals surface area (Å²) in [5.41, 5.74) is 5.35. The predicted molar refractivity (Wildman–Crippen MR) is 140 cm³/mol. The number of anilines is 1. The molecule has 7 nitrogen and oxygen atoms in total. The molecule has 0 atom stereocenters. The quantitative estimate of drug-likeness (QED) is 0.396. The van der Waals surface area contributed by atoms with Gasteiger partial charge in [-0.05, 0) is 56.1 Å². The molecule has 180 valence electrons. The zero-order chi connectivity index (χ0) is 24.1. The van der Waals surface area contributed by atoms with Crippen molar-refractivity contribution in [1.82, 2.24) is 19.8 Å². The van der Waals surface area contributed by atoms with Crippen LogP contribution >= 0.6 is 11.8 Å². The molecule has 0 spiro atoms. The second-order valence-corrected chi connectivity index (χ2v) is 9.84. The first-order valence-corrected chi connectivity index (χ1v) is 12.8. The molecule has 4 rings (SSSR count). The Hall–Kier alpha value is -2.84. The molecule has 1 amide bonds. The fourth-order valence-corrected chi connectivity index (χ4v) is 5.13. The van der Waals surface area contributed by atoms with Crippen LogP contribution in [0, 0.1) is 13.8 Å².